The van der Waals surface area contributed by atoms with Crippen LogP contribution in [0.2, 0.25) is 0 Å². The van der Waals surface area contributed by atoms with Gasteiger partial charge in [-0.05, 0) is 47.9 Å². The number of fused-ring (bicyclic) bond motifs is 1. The molecule has 41 heavy (non-hydrogen) atoms. The Morgan fingerprint density at radius 2 is 1.85 bits per heavy atom. The molecule has 222 valence electrons. The number of amides is 2. The zero-order chi connectivity index (χ0) is 29.5. The lowest BCUT2D eigenvalue weighted by molar-refractivity contribution is -0.384. The molecule has 0 spiro atoms. The highest BCUT2D eigenvalue weighted by molar-refractivity contribution is 5.83. The Morgan fingerprint density at radius 3 is 2.54 bits per heavy atom. The first kappa shape index (κ1) is 30.5. The first-order chi connectivity index (χ1) is 19.7. The highest BCUT2D eigenvalue weighted by atomic mass is 16.6. The maximum Gasteiger partial charge on any atom is 0.269 e. The molecule has 2 heterocycles. The van der Waals surface area contributed by atoms with Gasteiger partial charge >= 0.3 is 0 Å². The number of ether oxygens (including phenoxy) is 1. The highest BCUT2D eigenvalue weighted by Gasteiger charge is 2.42. The van der Waals surface area contributed by atoms with E-state index in [2.05, 4.69) is 36.9 Å². The van der Waals surface area contributed by atoms with Gasteiger partial charge in [-0.3, -0.25) is 24.6 Å². The molecule has 0 aliphatic carbocycles. The number of nitrogens with zero attached hydrogens (tertiary/aromatic N) is 4. The fraction of sp³-hybridized carbons (Fsp3) is 0.562. The molecule has 2 atom stereocenters. The Balaban J connectivity index is 1.64. The fourth-order valence-corrected chi connectivity index (χ4v) is 6.02. The van der Waals surface area contributed by atoms with Crippen LogP contribution in [0.4, 0.5) is 5.69 Å². The molecule has 9 nitrogen and oxygen atoms in total. The Kier molecular flexibility index (Phi) is 10.4. The molecule has 2 aromatic carbocycles. The van der Waals surface area contributed by atoms with Crippen LogP contribution in [-0.2, 0) is 29.1 Å². The average Bonchev–Trinajstić information content (AvgIpc) is 3.58. The maximum atomic E-state index is 14.0. The van der Waals surface area contributed by atoms with Gasteiger partial charge in [-0.15, -0.1) is 0 Å². The van der Waals surface area contributed by atoms with Crippen molar-refractivity contribution < 1.29 is 19.2 Å². The standard InChI is InChI=1S/C32H44N4O5/c1-5-13-33(14-6-2)32(38)29-19-28(22-34(29)20-25-10-11-26-12-15-41-30(26)18-25)35(31(37)16-23(3)4)21-24-8-7-9-27(17-24)36(39)40/h7-11,17-18,23,28-29H,5-6,12-16,19-22H2,1-4H3/t28-,29-/m0/s1. The van der Waals surface area contributed by atoms with Gasteiger partial charge in [0.25, 0.3) is 5.69 Å². The van der Waals surface area contributed by atoms with Gasteiger partial charge in [0.05, 0.1) is 17.6 Å². The minimum atomic E-state index is -0.411. The molecule has 1 fully saturated rings. The molecule has 0 aromatic heterocycles. The van der Waals surface area contributed by atoms with E-state index in [1.54, 1.807) is 12.1 Å². The smallest absolute Gasteiger partial charge is 0.269 e. The van der Waals surface area contributed by atoms with Gasteiger partial charge in [0.15, 0.2) is 0 Å². The molecule has 1 saturated heterocycles. The van der Waals surface area contributed by atoms with Crippen molar-refractivity contribution in [2.45, 2.75) is 85.0 Å². The molecule has 0 radical (unpaired) electrons. The summed E-state index contributed by atoms with van der Waals surface area (Å²) < 4.78 is 5.81. The number of hydrogen-bond donors (Lipinski definition) is 0. The second kappa shape index (κ2) is 13.9. The predicted octanol–water partition coefficient (Wildman–Crippen LogP) is 5.20. The first-order valence-corrected chi connectivity index (χ1v) is 15.0. The van der Waals surface area contributed by atoms with E-state index in [4.69, 9.17) is 4.74 Å². The molecule has 0 bridgehead atoms. The van der Waals surface area contributed by atoms with Crippen LogP contribution in [0.1, 0.15) is 70.1 Å². The minimum Gasteiger partial charge on any atom is -0.493 e. The summed E-state index contributed by atoms with van der Waals surface area (Å²) in [7, 11) is 0. The van der Waals surface area contributed by atoms with E-state index in [9.17, 15) is 19.7 Å². The number of carbonyl (C=O) groups excluding carboxylic acids is 2. The van der Waals surface area contributed by atoms with Crippen molar-refractivity contribution in [1.82, 2.24) is 14.7 Å². The van der Waals surface area contributed by atoms with E-state index >= 15 is 0 Å². The zero-order valence-electron chi connectivity index (χ0n) is 24.9. The summed E-state index contributed by atoms with van der Waals surface area (Å²) in [6.45, 7) is 11.7. The SMILES string of the molecule is CCCN(CCC)C(=O)[C@@H]1C[C@H](N(Cc2cccc([N+](=O)[O-])c2)C(=O)CC(C)C)CN1Cc1ccc2c(c1)OCC2. The van der Waals surface area contributed by atoms with Gasteiger partial charge in [0.1, 0.15) is 5.75 Å². The lowest BCUT2D eigenvalue weighted by atomic mass is 10.0. The quantitative estimate of drug-likeness (QED) is 0.245. The lowest BCUT2D eigenvalue weighted by Gasteiger charge is -2.30. The van der Waals surface area contributed by atoms with Crippen LogP contribution in [0.25, 0.3) is 0 Å². The number of carbonyl (C=O) groups is 2. The van der Waals surface area contributed by atoms with Crippen molar-refractivity contribution in [3.05, 3.63) is 69.3 Å². The van der Waals surface area contributed by atoms with E-state index in [0.717, 1.165) is 30.6 Å². The lowest BCUT2D eigenvalue weighted by Crippen LogP contribution is -2.46. The first-order valence-electron chi connectivity index (χ1n) is 15.0. The molecule has 2 amide bonds. The van der Waals surface area contributed by atoms with Gasteiger partial charge in [0.2, 0.25) is 11.8 Å². The normalized spacial score (nSPS) is 18.3. The van der Waals surface area contributed by atoms with E-state index in [1.807, 2.05) is 29.7 Å². The minimum absolute atomic E-state index is 0.00784. The van der Waals surface area contributed by atoms with Gasteiger partial charge in [-0.25, -0.2) is 0 Å². The molecular formula is C32H44N4O5. The molecule has 2 aliphatic heterocycles. The van der Waals surface area contributed by atoms with Gasteiger partial charge < -0.3 is 14.5 Å². The Morgan fingerprint density at radius 1 is 1.10 bits per heavy atom. The largest absolute Gasteiger partial charge is 0.493 e. The topological polar surface area (TPSA) is 96.2 Å². The van der Waals surface area contributed by atoms with Gasteiger partial charge in [0, 0.05) is 63.7 Å². The molecule has 2 aliphatic rings. The maximum absolute atomic E-state index is 14.0. The van der Waals surface area contributed by atoms with Crippen molar-refractivity contribution in [2.75, 3.05) is 26.2 Å². The van der Waals surface area contributed by atoms with Crippen molar-refractivity contribution in [1.29, 1.82) is 0 Å². The highest BCUT2D eigenvalue weighted by Crippen LogP contribution is 2.31. The molecule has 2 aromatic rings. The van der Waals surface area contributed by atoms with Crippen LogP contribution in [0.15, 0.2) is 42.5 Å². The zero-order valence-corrected chi connectivity index (χ0v) is 24.9. The summed E-state index contributed by atoms with van der Waals surface area (Å²) in [5.41, 5.74) is 3.01. The number of benzene rings is 2. The van der Waals surface area contributed by atoms with Crippen LogP contribution in [0, 0.1) is 16.0 Å². The van der Waals surface area contributed by atoms with Gasteiger partial charge in [-0.1, -0.05) is 52.0 Å². The molecule has 0 saturated carbocycles. The van der Waals surface area contributed by atoms with Gasteiger partial charge in [-0.2, -0.15) is 0 Å². The molecule has 0 N–H and O–H groups in total. The summed E-state index contributed by atoms with van der Waals surface area (Å²) in [6.07, 6.45) is 3.59. The summed E-state index contributed by atoms with van der Waals surface area (Å²) in [4.78, 5) is 44.7. The second-order valence-electron chi connectivity index (χ2n) is 11.7. The third kappa shape index (κ3) is 7.64. The summed E-state index contributed by atoms with van der Waals surface area (Å²) in [5.74, 6) is 1.20. The Labute approximate surface area is 243 Å². The number of hydrogen-bond acceptors (Lipinski definition) is 6. The van der Waals surface area contributed by atoms with Crippen molar-refractivity contribution in [2.24, 2.45) is 5.92 Å². The summed E-state index contributed by atoms with van der Waals surface area (Å²) >= 11 is 0. The molecule has 0 unspecified atom stereocenters. The van der Waals surface area contributed by atoms with E-state index in [1.165, 1.54) is 11.6 Å². The molecular weight excluding hydrogens is 520 g/mol. The number of nitro groups is 1. The van der Waals surface area contributed by atoms with Crippen LogP contribution in [0.3, 0.4) is 0 Å². The number of likely N-dealkylation sites (tertiary alicyclic amines) is 1. The number of rotatable bonds is 13. The monoisotopic (exact) mass is 564 g/mol. The van der Waals surface area contributed by atoms with Crippen LogP contribution < -0.4 is 4.74 Å². The van der Waals surface area contributed by atoms with E-state index in [0.29, 0.717) is 51.2 Å². The van der Waals surface area contributed by atoms with E-state index < -0.39 is 4.92 Å². The average molecular weight is 565 g/mol. The second-order valence-corrected chi connectivity index (χ2v) is 11.7. The summed E-state index contributed by atoms with van der Waals surface area (Å²) in [6, 6.07) is 12.3. The Bertz CT molecular complexity index is 1230. The van der Waals surface area contributed by atoms with Crippen LogP contribution in [-0.4, -0.2) is 69.8 Å². The fourth-order valence-electron chi connectivity index (χ4n) is 6.02. The van der Waals surface area contributed by atoms with Crippen LogP contribution >= 0.6 is 0 Å². The molecule has 9 heteroatoms. The number of nitro benzene ring substituents is 1. The predicted molar refractivity (Wildman–Crippen MR) is 159 cm³/mol. The van der Waals surface area contributed by atoms with Crippen LogP contribution in [0.5, 0.6) is 5.75 Å². The summed E-state index contributed by atoms with van der Waals surface area (Å²) in [5, 5.41) is 11.4. The third-order valence-corrected chi connectivity index (χ3v) is 7.93. The molecule has 4 rings (SSSR count). The third-order valence-electron chi connectivity index (χ3n) is 7.93. The Hall–Kier alpha value is -3.46. The van der Waals surface area contributed by atoms with Crippen molar-refractivity contribution in [3.8, 4) is 5.75 Å². The van der Waals surface area contributed by atoms with Crippen molar-refractivity contribution in [3.63, 3.8) is 0 Å². The van der Waals surface area contributed by atoms with E-state index in [-0.39, 0.29) is 42.0 Å². The number of non-ortho nitro benzene ring substituents is 1. The van der Waals surface area contributed by atoms with Crippen molar-refractivity contribution >= 4 is 17.5 Å².